The van der Waals surface area contributed by atoms with Crippen LogP contribution in [0.4, 0.5) is 5.69 Å². The van der Waals surface area contributed by atoms with E-state index in [9.17, 15) is 0 Å². The van der Waals surface area contributed by atoms with Crippen molar-refractivity contribution in [1.82, 2.24) is 9.97 Å². The SMILES string of the molecule is c1cncc(-c2cc(N3CCOC(c4cccnc4)C3)co2)c1. The van der Waals surface area contributed by atoms with Crippen LogP contribution in [-0.2, 0) is 4.74 Å². The highest BCUT2D eigenvalue weighted by Crippen LogP contribution is 2.30. The maximum atomic E-state index is 5.88. The minimum atomic E-state index is 0.0363. The molecule has 0 aromatic carbocycles. The summed E-state index contributed by atoms with van der Waals surface area (Å²) in [4.78, 5) is 10.6. The summed E-state index contributed by atoms with van der Waals surface area (Å²) in [5, 5.41) is 0. The Morgan fingerprint density at radius 3 is 2.74 bits per heavy atom. The zero-order valence-electron chi connectivity index (χ0n) is 12.6. The standard InChI is InChI=1S/C18H17N3O2/c1-3-14(10-19-5-1)17-9-16(13-23-17)21-7-8-22-18(12-21)15-4-2-6-20-11-15/h1-6,9-11,13,18H,7-8,12H2. The summed E-state index contributed by atoms with van der Waals surface area (Å²) >= 11 is 0. The first-order valence-electron chi connectivity index (χ1n) is 7.65. The highest BCUT2D eigenvalue weighted by atomic mass is 16.5. The minimum absolute atomic E-state index is 0.0363. The molecule has 1 atom stereocenters. The average Bonchev–Trinajstić information content (AvgIpc) is 3.14. The molecule has 0 amide bonds. The molecule has 1 aliphatic heterocycles. The second kappa shape index (κ2) is 6.22. The molecule has 0 radical (unpaired) electrons. The molecule has 1 fully saturated rings. The van der Waals surface area contributed by atoms with Crippen molar-refractivity contribution in [1.29, 1.82) is 0 Å². The summed E-state index contributed by atoms with van der Waals surface area (Å²) in [6.45, 7) is 2.33. The topological polar surface area (TPSA) is 51.4 Å². The Kier molecular flexibility index (Phi) is 3.78. The van der Waals surface area contributed by atoms with Gasteiger partial charge >= 0.3 is 0 Å². The number of hydrogen-bond donors (Lipinski definition) is 0. The normalized spacial score (nSPS) is 18.1. The van der Waals surface area contributed by atoms with Gasteiger partial charge in [0.25, 0.3) is 0 Å². The Morgan fingerprint density at radius 2 is 1.96 bits per heavy atom. The molecule has 0 aliphatic carbocycles. The fourth-order valence-electron chi connectivity index (χ4n) is 2.80. The van der Waals surface area contributed by atoms with Gasteiger partial charge in [0, 0.05) is 55.1 Å². The van der Waals surface area contributed by atoms with Crippen LogP contribution in [0.5, 0.6) is 0 Å². The van der Waals surface area contributed by atoms with E-state index < -0.39 is 0 Å². The van der Waals surface area contributed by atoms with E-state index in [1.54, 1.807) is 24.9 Å². The Morgan fingerprint density at radius 1 is 1.09 bits per heavy atom. The molecule has 1 unspecified atom stereocenters. The Balaban J connectivity index is 1.53. The van der Waals surface area contributed by atoms with Gasteiger partial charge in [0.15, 0.2) is 0 Å². The van der Waals surface area contributed by atoms with Crippen molar-refractivity contribution in [2.45, 2.75) is 6.10 Å². The first-order valence-corrected chi connectivity index (χ1v) is 7.65. The molecule has 4 rings (SSSR count). The van der Waals surface area contributed by atoms with E-state index in [0.29, 0.717) is 6.61 Å². The number of pyridine rings is 2. The molecule has 5 nitrogen and oxygen atoms in total. The van der Waals surface area contributed by atoms with Crippen LogP contribution < -0.4 is 4.90 Å². The van der Waals surface area contributed by atoms with Gasteiger partial charge in [-0.05, 0) is 18.2 Å². The monoisotopic (exact) mass is 307 g/mol. The van der Waals surface area contributed by atoms with Crippen molar-refractivity contribution < 1.29 is 9.15 Å². The number of ether oxygens (including phenoxy) is 1. The molecular formula is C18H17N3O2. The molecule has 0 saturated carbocycles. The first kappa shape index (κ1) is 14.0. The predicted octanol–water partition coefficient (Wildman–Crippen LogP) is 3.31. The van der Waals surface area contributed by atoms with Gasteiger partial charge < -0.3 is 14.1 Å². The molecule has 3 aromatic heterocycles. The van der Waals surface area contributed by atoms with E-state index in [-0.39, 0.29) is 6.10 Å². The molecule has 3 aromatic rings. The van der Waals surface area contributed by atoms with Crippen LogP contribution >= 0.6 is 0 Å². The smallest absolute Gasteiger partial charge is 0.137 e. The summed E-state index contributed by atoms with van der Waals surface area (Å²) in [6, 6.07) is 9.95. The molecule has 4 heterocycles. The van der Waals surface area contributed by atoms with E-state index in [1.165, 1.54) is 0 Å². The highest BCUT2D eigenvalue weighted by molar-refractivity contribution is 5.62. The number of anilines is 1. The Bertz CT molecular complexity index is 758. The van der Waals surface area contributed by atoms with Crippen LogP contribution in [0.2, 0.25) is 0 Å². The number of rotatable bonds is 3. The number of nitrogens with zero attached hydrogens (tertiary/aromatic N) is 3. The van der Waals surface area contributed by atoms with Crippen LogP contribution in [0.25, 0.3) is 11.3 Å². The van der Waals surface area contributed by atoms with Gasteiger partial charge in [-0.15, -0.1) is 0 Å². The Hall–Kier alpha value is -2.66. The quantitative estimate of drug-likeness (QED) is 0.743. The summed E-state index contributed by atoms with van der Waals surface area (Å²) in [5.74, 6) is 0.831. The largest absolute Gasteiger partial charge is 0.462 e. The zero-order chi connectivity index (χ0) is 15.5. The van der Waals surface area contributed by atoms with Crippen LogP contribution in [0.15, 0.2) is 65.8 Å². The third kappa shape index (κ3) is 2.96. The molecule has 1 aliphatic rings. The van der Waals surface area contributed by atoms with Crippen LogP contribution in [-0.4, -0.2) is 29.7 Å². The lowest BCUT2D eigenvalue weighted by Gasteiger charge is -2.33. The van der Waals surface area contributed by atoms with Gasteiger partial charge in [0.1, 0.15) is 18.1 Å². The van der Waals surface area contributed by atoms with E-state index in [0.717, 1.165) is 35.7 Å². The minimum Gasteiger partial charge on any atom is -0.462 e. The number of aromatic nitrogens is 2. The average molecular weight is 307 g/mol. The predicted molar refractivity (Wildman–Crippen MR) is 87.1 cm³/mol. The van der Waals surface area contributed by atoms with E-state index >= 15 is 0 Å². The maximum Gasteiger partial charge on any atom is 0.137 e. The molecule has 1 saturated heterocycles. The fraction of sp³-hybridized carbons (Fsp3) is 0.222. The molecule has 23 heavy (non-hydrogen) atoms. The van der Waals surface area contributed by atoms with Gasteiger partial charge in [0.2, 0.25) is 0 Å². The highest BCUT2D eigenvalue weighted by Gasteiger charge is 2.23. The third-order valence-electron chi connectivity index (χ3n) is 4.02. The lowest BCUT2D eigenvalue weighted by atomic mass is 10.1. The number of morpholine rings is 1. The summed E-state index contributed by atoms with van der Waals surface area (Å²) in [6.07, 6.45) is 9.04. The lowest BCUT2D eigenvalue weighted by molar-refractivity contribution is 0.0395. The molecular weight excluding hydrogens is 290 g/mol. The van der Waals surface area contributed by atoms with Gasteiger partial charge in [-0.25, -0.2) is 0 Å². The molecule has 0 bridgehead atoms. The van der Waals surface area contributed by atoms with Crippen molar-refractivity contribution in [2.75, 3.05) is 24.6 Å². The zero-order valence-corrected chi connectivity index (χ0v) is 12.6. The number of furan rings is 1. The fourth-order valence-corrected chi connectivity index (χ4v) is 2.80. The summed E-state index contributed by atoms with van der Waals surface area (Å²) in [5.41, 5.74) is 3.16. The van der Waals surface area contributed by atoms with Crippen molar-refractivity contribution in [3.8, 4) is 11.3 Å². The summed E-state index contributed by atoms with van der Waals surface area (Å²) in [7, 11) is 0. The van der Waals surface area contributed by atoms with Crippen LogP contribution in [0.3, 0.4) is 0 Å². The summed E-state index contributed by atoms with van der Waals surface area (Å²) < 4.78 is 11.6. The molecule has 0 spiro atoms. The second-order valence-corrected chi connectivity index (χ2v) is 5.50. The van der Waals surface area contributed by atoms with Crippen molar-refractivity contribution in [2.24, 2.45) is 0 Å². The van der Waals surface area contributed by atoms with Crippen molar-refractivity contribution in [3.05, 3.63) is 66.9 Å². The van der Waals surface area contributed by atoms with Crippen LogP contribution in [0.1, 0.15) is 11.7 Å². The third-order valence-corrected chi connectivity index (χ3v) is 4.02. The van der Waals surface area contributed by atoms with Crippen molar-refractivity contribution >= 4 is 5.69 Å². The van der Waals surface area contributed by atoms with E-state index in [4.69, 9.17) is 9.15 Å². The number of hydrogen-bond acceptors (Lipinski definition) is 5. The van der Waals surface area contributed by atoms with Gasteiger partial charge in [-0.2, -0.15) is 0 Å². The van der Waals surface area contributed by atoms with E-state index in [2.05, 4.69) is 27.0 Å². The van der Waals surface area contributed by atoms with Crippen LogP contribution in [0, 0.1) is 0 Å². The van der Waals surface area contributed by atoms with Gasteiger partial charge in [-0.3, -0.25) is 9.97 Å². The Labute approximate surface area is 134 Å². The molecule has 116 valence electrons. The molecule has 5 heteroatoms. The lowest BCUT2D eigenvalue weighted by Crippen LogP contribution is -2.38. The first-order chi connectivity index (χ1) is 11.4. The van der Waals surface area contributed by atoms with Crippen molar-refractivity contribution in [3.63, 3.8) is 0 Å². The van der Waals surface area contributed by atoms with Gasteiger partial charge in [0.05, 0.1) is 12.3 Å². The van der Waals surface area contributed by atoms with Gasteiger partial charge in [-0.1, -0.05) is 6.07 Å². The maximum absolute atomic E-state index is 5.88. The van der Waals surface area contributed by atoms with E-state index in [1.807, 2.05) is 24.4 Å². The second-order valence-electron chi connectivity index (χ2n) is 5.50. The molecule has 0 N–H and O–H groups in total.